The summed E-state index contributed by atoms with van der Waals surface area (Å²) in [6.07, 6.45) is 2.67. The Balaban J connectivity index is 1.41. The summed E-state index contributed by atoms with van der Waals surface area (Å²) < 4.78 is 33.3. The Morgan fingerprint density at radius 3 is 2.09 bits per heavy atom. The van der Waals surface area contributed by atoms with Crippen molar-refractivity contribution >= 4 is 5.97 Å². The van der Waals surface area contributed by atoms with Crippen LogP contribution >= 0.6 is 0 Å². The maximum absolute atomic E-state index is 13.4. The summed E-state index contributed by atoms with van der Waals surface area (Å²) in [6, 6.07) is 15.5. The van der Waals surface area contributed by atoms with E-state index >= 15 is 0 Å². The largest absolute Gasteiger partial charge is 0.478 e. The number of carbonyl (C=O) groups is 1. The number of likely N-dealkylation sites (tertiary alicyclic amines) is 1. The summed E-state index contributed by atoms with van der Waals surface area (Å²) in [5.41, 5.74) is 2.58. The van der Waals surface area contributed by atoms with Crippen LogP contribution < -0.4 is 0 Å². The van der Waals surface area contributed by atoms with Crippen molar-refractivity contribution in [3.8, 4) is 0 Å². The second kappa shape index (κ2) is 9.97. The molecule has 1 N–H and O–H groups in total. The zero-order valence-electron chi connectivity index (χ0n) is 17.5. The van der Waals surface area contributed by atoms with Crippen LogP contribution in [0.2, 0.25) is 0 Å². The van der Waals surface area contributed by atoms with Crippen molar-refractivity contribution in [3.05, 3.63) is 101 Å². The van der Waals surface area contributed by atoms with Gasteiger partial charge in [-0.05, 0) is 60.4 Å². The van der Waals surface area contributed by atoms with Crippen LogP contribution in [-0.4, -0.2) is 40.2 Å². The first-order valence-electron chi connectivity index (χ1n) is 10.5. The minimum absolute atomic E-state index is 0.00957. The minimum Gasteiger partial charge on any atom is -0.478 e. The molecule has 0 spiro atoms. The predicted molar refractivity (Wildman–Crippen MR) is 115 cm³/mol. The topological polar surface area (TPSA) is 62.7 Å². The third kappa shape index (κ3) is 5.55. The average Bonchev–Trinajstić information content (AvgIpc) is 2.80. The number of nitrogens with zero attached hydrogens (tertiary/aromatic N) is 2. The predicted octanol–water partition coefficient (Wildman–Crippen LogP) is 4.83. The number of piperidine rings is 1. The quantitative estimate of drug-likeness (QED) is 0.573. The molecule has 0 radical (unpaired) electrons. The monoisotopic (exact) mass is 438 g/mol. The number of carboxylic acid groups (broad SMARTS) is 1. The van der Waals surface area contributed by atoms with E-state index in [9.17, 15) is 13.6 Å². The number of rotatable bonds is 7. The molecule has 0 amide bonds. The van der Waals surface area contributed by atoms with Crippen LogP contribution in [0, 0.1) is 11.6 Å². The van der Waals surface area contributed by atoms with Crippen molar-refractivity contribution in [1.82, 2.24) is 9.88 Å². The van der Waals surface area contributed by atoms with Gasteiger partial charge in [0.25, 0.3) is 0 Å². The van der Waals surface area contributed by atoms with E-state index in [4.69, 9.17) is 9.84 Å². The first-order valence-corrected chi connectivity index (χ1v) is 10.5. The molecular formula is C25H24F2N2O3. The Morgan fingerprint density at radius 2 is 1.56 bits per heavy atom. The van der Waals surface area contributed by atoms with Gasteiger partial charge in [-0.15, -0.1) is 0 Å². The fourth-order valence-electron chi connectivity index (χ4n) is 3.95. The third-order valence-corrected chi connectivity index (χ3v) is 5.66. The molecule has 166 valence electrons. The zero-order valence-corrected chi connectivity index (χ0v) is 17.5. The van der Waals surface area contributed by atoms with Crippen molar-refractivity contribution in [3.63, 3.8) is 0 Å². The summed E-state index contributed by atoms with van der Waals surface area (Å²) in [4.78, 5) is 17.7. The molecule has 32 heavy (non-hydrogen) atoms. The Hall–Kier alpha value is -3.16. The van der Waals surface area contributed by atoms with Crippen molar-refractivity contribution in [1.29, 1.82) is 0 Å². The molecule has 2 heterocycles. The Morgan fingerprint density at radius 1 is 1.00 bits per heavy atom. The highest BCUT2D eigenvalue weighted by atomic mass is 19.1. The van der Waals surface area contributed by atoms with Crippen molar-refractivity contribution in [2.24, 2.45) is 0 Å². The molecule has 4 rings (SSSR count). The van der Waals surface area contributed by atoms with Crippen LogP contribution in [0.1, 0.15) is 46.1 Å². The van der Waals surface area contributed by atoms with Gasteiger partial charge in [0.2, 0.25) is 0 Å². The first-order chi connectivity index (χ1) is 15.5. The summed E-state index contributed by atoms with van der Waals surface area (Å²) in [6.45, 7) is 2.14. The molecule has 7 heteroatoms. The van der Waals surface area contributed by atoms with E-state index in [0.717, 1.165) is 42.8 Å². The number of hydrogen-bond acceptors (Lipinski definition) is 4. The molecule has 0 saturated carbocycles. The highest BCUT2D eigenvalue weighted by Crippen LogP contribution is 2.30. The van der Waals surface area contributed by atoms with Gasteiger partial charge in [-0.1, -0.05) is 24.3 Å². The van der Waals surface area contributed by atoms with Gasteiger partial charge in [-0.3, -0.25) is 9.88 Å². The molecule has 0 bridgehead atoms. The molecule has 1 aromatic heterocycles. The van der Waals surface area contributed by atoms with Gasteiger partial charge in [0.05, 0.1) is 17.4 Å². The number of hydrogen-bond donors (Lipinski definition) is 1. The van der Waals surface area contributed by atoms with Crippen LogP contribution in [0.25, 0.3) is 0 Å². The maximum atomic E-state index is 13.4. The van der Waals surface area contributed by atoms with Gasteiger partial charge in [-0.2, -0.15) is 0 Å². The maximum Gasteiger partial charge on any atom is 0.335 e. The molecule has 0 unspecified atom stereocenters. The molecule has 1 aliphatic heterocycles. The van der Waals surface area contributed by atoms with Crippen molar-refractivity contribution in [2.45, 2.75) is 31.6 Å². The molecule has 0 atom stereocenters. The van der Waals surface area contributed by atoms with Crippen LogP contribution in [0.4, 0.5) is 8.78 Å². The van der Waals surface area contributed by atoms with Crippen LogP contribution in [0.15, 0.2) is 66.9 Å². The number of benzene rings is 2. The molecular weight excluding hydrogens is 414 g/mol. The summed E-state index contributed by atoms with van der Waals surface area (Å²) >= 11 is 0. The Labute approximate surface area is 185 Å². The molecule has 1 fully saturated rings. The number of ether oxygens (including phenoxy) is 1. The van der Waals surface area contributed by atoms with Gasteiger partial charge in [-0.25, -0.2) is 13.6 Å². The minimum atomic E-state index is -0.964. The second-order valence-corrected chi connectivity index (χ2v) is 7.94. The lowest BCUT2D eigenvalue weighted by Gasteiger charge is -2.34. The van der Waals surface area contributed by atoms with Gasteiger partial charge in [0, 0.05) is 25.8 Å². The molecule has 0 aliphatic carbocycles. The summed E-state index contributed by atoms with van der Waals surface area (Å²) in [5, 5.41) is 9.15. The molecule has 2 aromatic carbocycles. The van der Waals surface area contributed by atoms with E-state index < -0.39 is 12.1 Å². The van der Waals surface area contributed by atoms with Gasteiger partial charge >= 0.3 is 5.97 Å². The smallest absolute Gasteiger partial charge is 0.335 e. The van der Waals surface area contributed by atoms with E-state index in [1.165, 1.54) is 36.5 Å². The highest BCUT2D eigenvalue weighted by molar-refractivity contribution is 5.87. The number of aromatic carboxylic acids is 1. The zero-order chi connectivity index (χ0) is 22.5. The Kier molecular flexibility index (Phi) is 6.87. The van der Waals surface area contributed by atoms with E-state index in [1.54, 1.807) is 30.3 Å². The summed E-state index contributed by atoms with van der Waals surface area (Å²) in [7, 11) is 0. The standard InChI is InChI=1S/C25H24F2N2O3/c26-20-5-1-17(2-6-20)24(18-3-7-21(27)8-4-18)32-23-10-13-29(14-11-23)16-22-15-19(25(30)31)9-12-28-22/h1-9,12,15,23-24H,10-11,13-14,16H2,(H,30,31). The van der Waals surface area contributed by atoms with Gasteiger partial charge < -0.3 is 9.84 Å². The lowest BCUT2D eigenvalue weighted by Crippen LogP contribution is -2.37. The average molecular weight is 438 g/mol. The second-order valence-electron chi connectivity index (χ2n) is 7.94. The fourth-order valence-corrected chi connectivity index (χ4v) is 3.95. The van der Waals surface area contributed by atoms with Crippen LogP contribution in [0.3, 0.4) is 0 Å². The van der Waals surface area contributed by atoms with Crippen molar-refractivity contribution in [2.75, 3.05) is 13.1 Å². The summed E-state index contributed by atoms with van der Waals surface area (Å²) in [5.74, 6) is -1.60. The molecule has 5 nitrogen and oxygen atoms in total. The van der Waals surface area contributed by atoms with Crippen LogP contribution in [-0.2, 0) is 11.3 Å². The molecule has 3 aromatic rings. The van der Waals surface area contributed by atoms with E-state index in [0.29, 0.717) is 6.54 Å². The third-order valence-electron chi connectivity index (χ3n) is 5.66. The molecule has 1 saturated heterocycles. The van der Waals surface area contributed by atoms with Crippen molar-refractivity contribution < 1.29 is 23.4 Å². The van der Waals surface area contributed by atoms with E-state index in [2.05, 4.69) is 9.88 Å². The molecule has 1 aliphatic rings. The van der Waals surface area contributed by atoms with E-state index in [1.807, 2.05) is 0 Å². The lowest BCUT2D eigenvalue weighted by molar-refractivity contribution is -0.0283. The first kappa shape index (κ1) is 22.0. The normalized spacial score (nSPS) is 15.2. The highest BCUT2D eigenvalue weighted by Gasteiger charge is 2.25. The number of pyridine rings is 1. The number of aromatic nitrogens is 1. The Bertz CT molecular complexity index is 1000. The fraction of sp³-hybridized carbons (Fsp3) is 0.280. The lowest BCUT2D eigenvalue weighted by atomic mass is 10.00. The number of carboxylic acids is 1. The number of halogens is 2. The van der Waals surface area contributed by atoms with Crippen LogP contribution in [0.5, 0.6) is 0 Å². The van der Waals surface area contributed by atoms with E-state index in [-0.39, 0.29) is 23.3 Å². The van der Waals surface area contributed by atoms with Gasteiger partial charge in [0.15, 0.2) is 0 Å². The van der Waals surface area contributed by atoms with Gasteiger partial charge in [0.1, 0.15) is 17.7 Å². The SMILES string of the molecule is O=C(O)c1ccnc(CN2CCC(OC(c3ccc(F)cc3)c3ccc(F)cc3)CC2)c1.